The van der Waals surface area contributed by atoms with Crippen LogP contribution in [0.2, 0.25) is 0 Å². The van der Waals surface area contributed by atoms with Crippen LogP contribution in [0.5, 0.6) is 11.5 Å². The van der Waals surface area contributed by atoms with Crippen LogP contribution < -0.4 is 10.1 Å². The van der Waals surface area contributed by atoms with E-state index in [-0.39, 0.29) is 21.9 Å². The molecule has 0 unspecified atom stereocenters. The summed E-state index contributed by atoms with van der Waals surface area (Å²) in [7, 11) is 1.44. The van der Waals surface area contributed by atoms with Gasteiger partial charge in [0.15, 0.2) is 0 Å². The fourth-order valence-corrected chi connectivity index (χ4v) is 2.35. The molecule has 0 aliphatic carbocycles. The normalized spacial score (nSPS) is 10.1. The largest absolute Gasteiger partial charge is 0.507 e. The van der Waals surface area contributed by atoms with Crippen LogP contribution in [0.1, 0.15) is 20.7 Å². The topological polar surface area (TPSA) is 95.9 Å². The van der Waals surface area contributed by atoms with Gasteiger partial charge in [-0.15, -0.1) is 11.3 Å². The molecule has 0 aliphatic heterocycles. The second-order valence-electron chi connectivity index (χ2n) is 3.81. The van der Waals surface area contributed by atoms with E-state index in [4.69, 9.17) is 9.84 Å². The minimum atomic E-state index is -1.12. The average molecular weight is 293 g/mol. The Morgan fingerprint density at radius 3 is 2.60 bits per heavy atom. The van der Waals surface area contributed by atoms with Crippen molar-refractivity contribution in [3.63, 3.8) is 0 Å². The lowest BCUT2D eigenvalue weighted by Gasteiger charge is -2.07. The Kier molecular flexibility index (Phi) is 3.90. The van der Waals surface area contributed by atoms with Crippen LogP contribution in [-0.2, 0) is 0 Å². The van der Waals surface area contributed by atoms with Gasteiger partial charge < -0.3 is 20.3 Å². The van der Waals surface area contributed by atoms with Gasteiger partial charge in [-0.1, -0.05) is 0 Å². The number of phenols is 1. The molecule has 1 heterocycles. The Morgan fingerprint density at radius 2 is 2.00 bits per heavy atom. The third-order valence-electron chi connectivity index (χ3n) is 2.57. The molecule has 7 heteroatoms. The lowest BCUT2D eigenvalue weighted by molar-refractivity contribution is 0.0698. The molecular weight excluding hydrogens is 282 g/mol. The summed E-state index contributed by atoms with van der Waals surface area (Å²) < 4.78 is 4.92. The first-order chi connectivity index (χ1) is 9.52. The van der Waals surface area contributed by atoms with E-state index in [1.165, 1.54) is 31.4 Å². The standard InChI is InChI=1S/C13H11NO5S/c1-19-7-2-3-8(10(15)6-7)11(16)14-12-9(13(17)18)4-5-20-12/h2-6,15H,1H3,(H,14,16)(H,17,18). The van der Waals surface area contributed by atoms with Crippen molar-refractivity contribution >= 4 is 28.2 Å². The minimum Gasteiger partial charge on any atom is -0.507 e. The van der Waals surface area contributed by atoms with Gasteiger partial charge in [-0.2, -0.15) is 0 Å². The molecule has 2 rings (SSSR count). The first kappa shape index (κ1) is 13.9. The number of nitrogens with one attached hydrogen (secondary N) is 1. The molecule has 3 N–H and O–H groups in total. The number of ether oxygens (including phenoxy) is 1. The van der Waals surface area contributed by atoms with E-state index in [1.54, 1.807) is 5.38 Å². The van der Waals surface area contributed by atoms with Crippen molar-refractivity contribution in [2.45, 2.75) is 0 Å². The molecule has 1 amide bonds. The number of carboxylic acids is 1. The summed E-state index contributed by atoms with van der Waals surface area (Å²) in [4.78, 5) is 22.9. The van der Waals surface area contributed by atoms with Crippen LogP contribution in [0.3, 0.4) is 0 Å². The van der Waals surface area contributed by atoms with Crippen LogP contribution in [0.15, 0.2) is 29.6 Å². The number of aromatic hydroxyl groups is 1. The Balaban J connectivity index is 2.24. The zero-order chi connectivity index (χ0) is 14.7. The molecule has 6 nitrogen and oxygen atoms in total. The summed E-state index contributed by atoms with van der Waals surface area (Å²) in [5.41, 5.74) is 0.0480. The fourth-order valence-electron chi connectivity index (χ4n) is 1.58. The number of methoxy groups -OCH3 is 1. The van der Waals surface area contributed by atoms with E-state index in [0.29, 0.717) is 5.75 Å². The summed E-state index contributed by atoms with van der Waals surface area (Å²) in [5, 5.41) is 22.9. The van der Waals surface area contributed by atoms with Gasteiger partial charge in [0.2, 0.25) is 0 Å². The molecule has 0 saturated carbocycles. The van der Waals surface area contributed by atoms with E-state index in [2.05, 4.69) is 5.32 Å². The van der Waals surface area contributed by atoms with E-state index in [0.717, 1.165) is 11.3 Å². The number of hydrogen-bond acceptors (Lipinski definition) is 5. The van der Waals surface area contributed by atoms with E-state index < -0.39 is 11.9 Å². The molecule has 104 valence electrons. The molecular formula is C13H11NO5S. The summed E-state index contributed by atoms with van der Waals surface area (Å²) in [6.07, 6.45) is 0. The SMILES string of the molecule is COc1ccc(C(=O)Nc2sccc2C(=O)O)c(O)c1. The van der Waals surface area contributed by atoms with E-state index in [9.17, 15) is 14.7 Å². The van der Waals surface area contributed by atoms with Crippen molar-refractivity contribution in [3.05, 3.63) is 40.8 Å². The highest BCUT2D eigenvalue weighted by Crippen LogP contribution is 2.27. The summed E-state index contributed by atoms with van der Waals surface area (Å²) in [6.45, 7) is 0. The van der Waals surface area contributed by atoms with Gasteiger partial charge >= 0.3 is 5.97 Å². The van der Waals surface area contributed by atoms with Crippen molar-refractivity contribution in [1.29, 1.82) is 0 Å². The van der Waals surface area contributed by atoms with Gasteiger partial charge in [-0.05, 0) is 23.6 Å². The van der Waals surface area contributed by atoms with E-state index >= 15 is 0 Å². The molecule has 2 aromatic rings. The van der Waals surface area contributed by atoms with Crippen LogP contribution in [-0.4, -0.2) is 29.2 Å². The first-order valence-electron chi connectivity index (χ1n) is 5.52. The van der Waals surface area contributed by atoms with Crippen LogP contribution in [0, 0.1) is 0 Å². The molecule has 0 aliphatic rings. The minimum absolute atomic E-state index is 0.0105. The van der Waals surface area contributed by atoms with Crippen molar-refractivity contribution in [2.75, 3.05) is 12.4 Å². The molecule has 0 bridgehead atoms. The molecule has 0 radical (unpaired) electrons. The first-order valence-corrected chi connectivity index (χ1v) is 6.40. The maximum Gasteiger partial charge on any atom is 0.338 e. The monoisotopic (exact) mass is 293 g/mol. The maximum atomic E-state index is 12.0. The average Bonchev–Trinajstić information content (AvgIpc) is 2.86. The quantitative estimate of drug-likeness (QED) is 0.804. The second-order valence-corrected chi connectivity index (χ2v) is 4.72. The number of carbonyl (C=O) groups is 2. The van der Waals surface area contributed by atoms with Gasteiger partial charge in [0.05, 0.1) is 18.2 Å². The number of benzene rings is 1. The lowest BCUT2D eigenvalue weighted by atomic mass is 10.1. The van der Waals surface area contributed by atoms with Crippen LogP contribution in [0.4, 0.5) is 5.00 Å². The van der Waals surface area contributed by atoms with E-state index in [1.807, 2.05) is 0 Å². The number of anilines is 1. The van der Waals surface area contributed by atoms with Gasteiger partial charge in [0, 0.05) is 6.07 Å². The number of carbonyl (C=O) groups excluding carboxylic acids is 1. The van der Waals surface area contributed by atoms with Gasteiger partial charge in [0.25, 0.3) is 5.91 Å². The summed E-state index contributed by atoms with van der Waals surface area (Å²) in [5.74, 6) is -1.53. The number of aromatic carboxylic acids is 1. The van der Waals surface area contributed by atoms with Crippen LogP contribution in [0.25, 0.3) is 0 Å². The number of amides is 1. The van der Waals surface area contributed by atoms with Crippen LogP contribution >= 0.6 is 11.3 Å². The maximum absolute atomic E-state index is 12.0. The molecule has 1 aromatic carbocycles. The highest BCUT2D eigenvalue weighted by atomic mass is 32.1. The highest BCUT2D eigenvalue weighted by Gasteiger charge is 2.17. The molecule has 1 aromatic heterocycles. The molecule has 20 heavy (non-hydrogen) atoms. The molecule has 0 fully saturated rings. The Bertz CT molecular complexity index is 665. The summed E-state index contributed by atoms with van der Waals surface area (Å²) in [6, 6.07) is 5.64. The number of rotatable bonds is 4. The third kappa shape index (κ3) is 2.72. The predicted octanol–water partition coefficient (Wildman–Crippen LogP) is 2.41. The lowest BCUT2D eigenvalue weighted by Crippen LogP contribution is -2.13. The highest BCUT2D eigenvalue weighted by molar-refractivity contribution is 7.14. The smallest absolute Gasteiger partial charge is 0.338 e. The molecule has 0 spiro atoms. The zero-order valence-electron chi connectivity index (χ0n) is 10.4. The van der Waals surface area contributed by atoms with Gasteiger partial charge in [-0.25, -0.2) is 4.79 Å². The number of thiophene rings is 1. The second kappa shape index (κ2) is 5.62. The summed E-state index contributed by atoms with van der Waals surface area (Å²) >= 11 is 1.10. The third-order valence-corrected chi connectivity index (χ3v) is 3.40. The zero-order valence-corrected chi connectivity index (χ0v) is 11.2. The number of hydrogen-bond donors (Lipinski definition) is 3. The molecule has 0 saturated heterocycles. The van der Waals surface area contributed by atoms with Crippen molar-refractivity contribution < 1.29 is 24.5 Å². The van der Waals surface area contributed by atoms with Gasteiger partial charge in [-0.3, -0.25) is 4.79 Å². The number of phenolic OH excluding ortho intramolecular Hbond substituents is 1. The number of carboxylic acid groups (broad SMARTS) is 1. The Labute approximate surface area is 118 Å². The Hall–Kier alpha value is -2.54. The van der Waals surface area contributed by atoms with Crippen molar-refractivity contribution in [3.8, 4) is 11.5 Å². The predicted molar refractivity (Wildman–Crippen MR) is 73.9 cm³/mol. The Morgan fingerprint density at radius 1 is 1.25 bits per heavy atom. The van der Waals surface area contributed by atoms with Gasteiger partial charge in [0.1, 0.15) is 16.5 Å². The van der Waals surface area contributed by atoms with Crippen molar-refractivity contribution in [1.82, 2.24) is 0 Å². The fraction of sp³-hybridized carbons (Fsp3) is 0.0769. The molecule has 0 atom stereocenters. The van der Waals surface area contributed by atoms with Crippen molar-refractivity contribution in [2.24, 2.45) is 0 Å².